The molecule has 5 nitrogen and oxygen atoms in total. The molecule has 0 aliphatic rings. The lowest BCUT2D eigenvalue weighted by Crippen LogP contribution is -2.28. The number of carbonyl (C=O) groups is 1. The third-order valence-electron chi connectivity index (χ3n) is 3.40. The van der Waals surface area contributed by atoms with Gasteiger partial charge in [0.2, 0.25) is 5.91 Å². The zero-order chi connectivity index (χ0) is 17.9. The van der Waals surface area contributed by atoms with E-state index in [2.05, 4.69) is 0 Å². The van der Waals surface area contributed by atoms with Crippen LogP contribution in [0.1, 0.15) is 11.1 Å². The third-order valence-corrected chi connectivity index (χ3v) is 3.40. The Labute approximate surface area is 135 Å². The quantitative estimate of drug-likeness (QED) is 0.629. The molecule has 2 aromatic carbocycles. The van der Waals surface area contributed by atoms with E-state index in [1.54, 1.807) is 30.3 Å². The fourth-order valence-corrected chi connectivity index (χ4v) is 2.09. The lowest BCUT2D eigenvalue weighted by molar-refractivity contribution is -0.385. The number of halogens is 3. The maximum absolute atomic E-state index is 12.9. The Morgan fingerprint density at radius 1 is 1.17 bits per heavy atom. The zero-order valence-corrected chi connectivity index (χ0v) is 12.6. The number of alkyl halides is 3. The maximum Gasteiger partial charge on any atom is 0.416 e. The van der Waals surface area contributed by atoms with Crippen LogP contribution in [0.4, 0.5) is 24.5 Å². The van der Waals surface area contributed by atoms with Crippen molar-refractivity contribution >= 4 is 17.3 Å². The topological polar surface area (TPSA) is 63.5 Å². The molecule has 2 rings (SSSR count). The minimum atomic E-state index is -4.75. The van der Waals surface area contributed by atoms with Crippen LogP contribution in [0.5, 0.6) is 0 Å². The number of nitro groups is 1. The van der Waals surface area contributed by atoms with Gasteiger partial charge in [-0.15, -0.1) is 0 Å². The normalized spacial score (nSPS) is 11.2. The molecule has 0 heterocycles. The summed E-state index contributed by atoms with van der Waals surface area (Å²) in [7, 11) is 1.28. The molecular weight excluding hydrogens is 325 g/mol. The van der Waals surface area contributed by atoms with Gasteiger partial charge in [0, 0.05) is 19.2 Å². The van der Waals surface area contributed by atoms with Gasteiger partial charge in [-0.3, -0.25) is 14.9 Å². The monoisotopic (exact) mass is 338 g/mol. The highest BCUT2D eigenvalue weighted by atomic mass is 19.4. The van der Waals surface area contributed by atoms with Gasteiger partial charge in [-0.2, -0.15) is 13.2 Å². The van der Waals surface area contributed by atoms with Crippen LogP contribution in [-0.2, 0) is 17.4 Å². The number of carbonyl (C=O) groups excluding carboxylic acids is 1. The first-order chi connectivity index (χ1) is 11.2. The van der Waals surface area contributed by atoms with Crippen LogP contribution < -0.4 is 4.90 Å². The molecule has 0 atom stereocenters. The van der Waals surface area contributed by atoms with E-state index in [9.17, 15) is 28.1 Å². The second-order valence-electron chi connectivity index (χ2n) is 5.11. The number of anilines is 1. The SMILES string of the molecule is CN(C(=O)Cc1ccccc1)c1cc([N+](=O)[O-])cc(C(F)(F)F)c1. The number of amides is 1. The Balaban J connectivity index is 2.34. The molecule has 24 heavy (non-hydrogen) atoms. The van der Waals surface area contributed by atoms with Crippen LogP contribution in [0.15, 0.2) is 48.5 Å². The number of hydrogen-bond acceptors (Lipinski definition) is 3. The Morgan fingerprint density at radius 3 is 2.33 bits per heavy atom. The summed E-state index contributed by atoms with van der Waals surface area (Å²) in [6, 6.07) is 10.8. The molecule has 0 bridgehead atoms. The number of hydrogen-bond donors (Lipinski definition) is 0. The van der Waals surface area contributed by atoms with Crippen LogP contribution in [-0.4, -0.2) is 17.9 Å². The van der Waals surface area contributed by atoms with E-state index in [0.29, 0.717) is 11.6 Å². The van der Waals surface area contributed by atoms with Gasteiger partial charge >= 0.3 is 6.18 Å². The average molecular weight is 338 g/mol. The van der Waals surface area contributed by atoms with E-state index in [1.807, 2.05) is 0 Å². The molecule has 0 radical (unpaired) electrons. The molecule has 2 aromatic rings. The number of nitro benzene ring substituents is 1. The number of nitrogens with zero attached hydrogens (tertiary/aromatic N) is 2. The first-order valence-corrected chi connectivity index (χ1v) is 6.85. The smallest absolute Gasteiger partial charge is 0.315 e. The van der Waals surface area contributed by atoms with Crippen molar-refractivity contribution < 1.29 is 22.9 Å². The van der Waals surface area contributed by atoms with Gasteiger partial charge in [-0.05, 0) is 11.6 Å². The highest BCUT2D eigenvalue weighted by Crippen LogP contribution is 2.35. The molecule has 0 aliphatic carbocycles. The average Bonchev–Trinajstić information content (AvgIpc) is 2.53. The molecule has 0 aliphatic heterocycles. The minimum Gasteiger partial charge on any atom is -0.315 e. The number of benzene rings is 2. The largest absolute Gasteiger partial charge is 0.416 e. The lowest BCUT2D eigenvalue weighted by atomic mass is 10.1. The fourth-order valence-electron chi connectivity index (χ4n) is 2.09. The van der Waals surface area contributed by atoms with Crippen molar-refractivity contribution in [3.63, 3.8) is 0 Å². The van der Waals surface area contributed by atoms with E-state index in [-0.39, 0.29) is 12.1 Å². The Kier molecular flexibility index (Phi) is 4.87. The van der Waals surface area contributed by atoms with Crippen molar-refractivity contribution in [2.24, 2.45) is 0 Å². The molecule has 126 valence electrons. The first-order valence-electron chi connectivity index (χ1n) is 6.85. The Hall–Kier alpha value is -2.90. The van der Waals surface area contributed by atoms with Gasteiger partial charge in [0.05, 0.1) is 22.6 Å². The number of non-ortho nitro benzene ring substituents is 1. The fraction of sp³-hybridized carbons (Fsp3) is 0.188. The summed E-state index contributed by atoms with van der Waals surface area (Å²) < 4.78 is 38.7. The van der Waals surface area contributed by atoms with Crippen LogP contribution >= 0.6 is 0 Å². The zero-order valence-electron chi connectivity index (χ0n) is 12.6. The van der Waals surface area contributed by atoms with Crippen molar-refractivity contribution in [3.05, 3.63) is 69.8 Å². The van der Waals surface area contributed by atoms with Crippen LogP contribution in [0.25, 0.3) is 0 Å². The second-order valence-corrected chi connectivity index (χ2v) is 5.11. The predicted molar refractivity (Wildman–Crippen MR) is 81.7 cm³/mol. The summed E-state index contributed by atoms with van der Waals surface area (Å²) in [4.78, 5) is 23.1. The molecule has 0 N–H and O–H groups in total. The lowest BCUT2D eigenvalue weighted by Gasteiger charge is -2.19. The minimum absolute atomic E-state index is 0.0264. The summed E-state index contributed by atoms with van der Waals surface area (Å²) in [6.45, 7) is 0. The van der Waals surface area contributed by atoms with Gasteiger partial charge in [-0.25, -0.2) is 0 Å². The summed E-state index contributed by atoms with van der Waals surface area (Å²) in [5.74, 6) is -0.477. The molecule has 1 amide bonds. The summed E-state index contributed by atoms with van der Waals surface area (Å²) >= 11 is 0. The van der Waals surface area contributed by atoms with E-state index in [0.717, 1.165) is 17.0 Å². The molecule has 0 saturated heterocycles. The Morgan fingerprint density at radius 2 is 1.79 bits per heavy atom. The molecule has 0 unspecified atom stereocenters. The molecule has 0 saturated carbocycles. The highest BCUT2D eigenvalue weighted by Gasteiger charge is 2.33. The van der Waals surface area contributed by atoms with Gasteiger partial charge in [0.25, 0.3) is 5.69 Å². The van der Waals surface area contributed by atoms with Crippen molar-refractivity contribution in [1.29, 1.82) is 0 Å². The standard InChI is InChI=1S/C16H13F3N2O3/c1-20(15(22)7-11-5-3-2-4-6-11)13-8-12(16(17,18)19)9-14(10-13)21(23)24/h2-6,8-10H,7H2,1H3. The van der Waals surface area contributed by atoms with Gasteiger partial charge in [0.1, 0.15) is 0 Å². The Bertz CT molecular complexity index is 761. The van der Waals surface area contributed by atoms with E-state index < -0.39 is 28.3 Å². The third kappa shape index (κ3) is 4.09. The predicted octanol–water partition coefficient (Wildman–Crippen LogP) is 3.82. The van der Waals surface area contributed by atoms with Crippen LogP contribution in [0, 0.1) is 10.1 Å². The van der Waals surface area contributed by atoms with Crippen molar-refractivity contribution in [1.82, 2.24) is 0 Å². The van der Waals surface area contributed by atoms with Crippen molar-refractivity contribution in [3.8, 4) is 0 Å². The van der Waals surface area contributed by atoms with Crippen molar-refractivity contribution in [2.75, 3.05) is 11.9 Å². The van der Waals surface area contributed by atoms with E-state index in [1.165, 1.54) is 7.05 Å². The second kappa shape index (κ2) is 6.69. The van der Waals surface area contributed by atoms with Crippen molar-refractivity contribution in [2.45, 2.75) is 12.6 Å². The van der Waals surface area contributed by atoms with Gasteiger partial charge < -0.3 is 4.90 Å². The van der Waals surface area contributed by atoms with E-state index >= 15 is 0 Å². The maximum atomic E-state index is 12.9. The first kappa shape index (κ1) is 17.5. The summed E-state index contributed by atoms with van der Waals surface area (Å²) in [6.07, 6.45) is -4.77. The molecule has 8 heteroatoms. The number of likely N-dealkylation sites (N-methyl/N-ethyl adjacent to an activating group) is 1. The van der Waals surface area contributed by atoms with E-state index in [4.69, 9.17) is 0 Å². The van der Waals surface area contributed by atoms with Gasteiger partial charge in [0.15, 0.2) is 0 Å². The molecule has 0 aromatic heterocycles. The van der Waals surface area contributed by atoms with Gasteiger partial charge in [-0.1, -0.05) is 30.3 Å². The van der Waals surface area contributed by atoms with Crippen LogP contribution in [0.2, 0.25) is 0 Å². The molecule has 0 fully saturated rings. The molecule has 0 spiro atoms. The summed E-state index contributed by atoms with van der Waals surface area (Å²) in [5, 5.41) is 10.9. The van der Waals surface area contributed by atoms with Crippen LogP contribution in [0.3, 0.4) is 0 Å². The highest BCUT2D eigenvalue weighted by molar-refractivity contribution is 5.94. The molecular formula is C16H13F3N2O3. The summed E-state index contributed by atoms with van der Waals surface area (Å²) in [5.41, 5.74) is -1.39. The number of rotatable bonds is 4.